The van der Waals surface area contributed by atoms with Crippen LogP contribution in [0.4, 0.5) is 0 Å². The van der Waals surface area contributed by atoms with Crippen molar-refractivity contribution in [3.8, 4) is 50.5 Å². The first-order chi connectivity index (χ1) is 27.8. The van der Waals surface area contributed by atoms with Gasteiger partial charge in [0.15, 0.2) is 0 Å². The van der Waals surface area contributed by atoms with E-state index in [-0.39, 0.29) is 0 Å². The van der Waals surface area contributed by atoms with Gasteiger partial charge >= 0.3 is 0 Å². The predicted octanol–water partition coefficient (Wildman–Crippen LogP) is 13.5. The standard InChI is InChI=1S/C54H36N2/c1-5-18-37(19-6-1)40-35-48(38-20-7-2-8-21-38)55-49(36-40)39-22-17-27-43(34-39)56-50-31-16-14-29-45(50)53-51(56)33-32-47-52(53)44-28-13-15-30-46(44)54(47,41-23-9-3-10-24-41)42-25-11-4-12-26-42/h1-36H. The van der Waals surface area contributed by atoms with Crippen molar-refractivity contribution in [2.75, 3.05) is 0 Å². The van der Waals surface area contributed by atoms with Gasteiger partial charge in [-0.25, -0.2) is 4.98 Å². The van der Waals surface area contributed by atoms with Gasteiger partial charge in [-0.15, -0.1) is 0 Å². The molecule has 0 saturated carbocycles. The largest absolute Gasteiger partial charge is 0.309 e. The molecule has 0 radical (unpaired) electrons. The van der Waals surface area contributed by atoms with Crippen LogP contribution < -0.4 is 0 Å². The molecule has 0 aliphatic heterocycles. The number of benzene rings is 8. The van der Waals surface area contributed by atoms with Crippen LogP contribution in [0.2, 0.25) is 0 Å². The van der Waals surface area contributed by atoms with E-state index >= 15 is 0 Å². The van der Waals surface area contributed by atoms with Crippen molar-refractivity contribution >= 4 is 21.8 Å². The minimum atomic E-state index is -0.461. The molecule has 56 heavy (non-hydrogen) atoms. The highest BCUT2D eigenvalue weighted by atomic mass is 15.0. The van der Waals surface area contributed by atoms with Crippen LogP contribution in [0.15, 0.2) is 218 Å². The molecule has 0 fully saturated rings. The first-order valence-corrected chi connectivity index (χ1v) is 19.3. The molecule has 0 bridgehead atoms. The number of rotatable bonds is 6. The van der Waals surface area contributed by atoms with Gasteiger partial charge in [0.1, 0.15) is 0 Å². The lowest BCUT2D eigenvalue weighted by Gasteiger charge is -2.33. The molecule has 0 spiro atoms. The van der Waals surface area contributed by atoms with Gasteiger partial charge in [-0.05, 0) is 80.9 Å². The minimum Gasteiger partial charge on any atom is -0.309 e. The summed E-state index contributed by atoms with van der Waals surface area (Å²) in [6.07, 6.45) is 0. The Bertz CT molecular complexity index is 2960. The second kappa shape index (κ2) is 12.9. The van der Waals surface area contributed by atoms with Crippen molar-refractivity contribution in [2.45, 2.75) is 5.41 Å². The number of aromatic nitrogens is 2. The van der Waals surface area contributed by atoms with Crippen molar-refractivity contribution in [2.24, 2.45) is 0 Å². The first kappa shape index (κ1) is 32.2. The smallest absolute Gasteiger partial charge is 0.0716 e. The topological polar surface area (TPSA) is 17.8 Å². The van der Waals surface area contributed by atoms with Crippen LogP contribution in [0.3, 0.4) is 0 Å². The lowest BCUT2D eigenvalue weighted by atomic mass is 9.67. The van der Waals surface area contributed by atoms with Crippen molar-refractivity contribution in [1.29, 1.82) is 0 Å². The summed E-state index contributed by atoms with van der Waals surface area (Å²) in [4.78, 5) is 5.28. The van der Waals surface area contributed by atoms with Gasteiger partial charge in [0, 0.05) is 27.6 Å². The maximum absolute atomic E-state index is 5.28. The molecular weight excluding hydrogens is 677 g/mol. The summed E-state index contributed by atoms with van der Waals surface area (Å²) in [5.74, 6) is 0. The quantitative estimate of drug-likeness (QED) is 0.168. The molecule has 2 nitrogen and oxygen atoms in total. The summed E-state index contributed by atoms with van der Waals surface area (Å²) in [6, 6.07) is 79.2. The molecule has 262 valence electrons. The van der Waals surface area contributed by atoms with E-state index in [2.05, 4.69) is 223 Å². The van der Waals surface area contributed by atoms with Gasteiger partial charge in [0.2, 0.25) is 0 Å². The van der Waals surface area contributed by atoms with E-state index in [0.717, 1.165) is 33.8 Å². The van der Waals surface area contributed by atoms with Crippen LogP contribution in [0.25, 0.3) is 72.3 Å². The van der Waals surface area contributed by atoms with E-state index in [1.165, 1.54) is 60.8 Å². The average Bonchev–Trinajstić information content (AvgIpc) is 3.78. The third kappa shape index (κ3) is 4.86. The number of para-hydroxylation sites is 1. The molecule has 0 atom stereocenters. The van der Waals surface area contributed by atoms with Crippen LogP contribution in [-0.4, -0.2) is 9.55 Å². The summed E-state index contributed by atoms with van der Waals surface area (Å²) in [6.45, 7) is 0. The highest BCUT2D eigenvalue weighted by molar-refractivity contribution is 6.18. The number of hydrogen-bond donors (Lipinski definition) is 0. The first-order valence-electron chi connectivity index (χ1n) is 19.3. The lowest BCUT2D eigenvalue weighted by Crippen LogP contribution is -2.28. The third-order valence-corrected chi connectivity index (χ3v) is 11.7. The van der Waals surface area contributed by atoms with Crippen molar-refractivity contribution in [3.63, 3.8) is 0 Å². The van der Waals surface area contributed by atoms with Crippen molar-refractivity contribution in [3.05, 3.63) is 241 Å². The maximum Gasteiger partial charge on any atom is 0.0716 e. The Hall–Kier alpha value is -7.29. The zero-order valence-electron chi connectivity index (χ0n) is 30.7. The number of fused-ring (bicyclic) bond motifs is 7. The van der Waals surface area contributed by atoms with E-state index in [4.69, 9.17) is 4.98 Å². The molecule has 10 aromatic rings. The SMILES string of the molecule is c1ccc(-c2cc(-c3ccccc3)nc(-c3cccc(-n4c5ccccc5c5c6c(ccc54)C(c4ccccc4)(c4ccccc4)c4ccccc4-6)c3)c2)cc1. The molecule has 2 heterocycles. The van der Waals surface area contributed by atoms with Crippen LogP contribution in [0.5, 0.6) is 0 Å². The molecular formula is C54H36N2. The van der Waals surface area contributed by atoms with Crippen LogP contribution in [0, 0.1) is 0 Å². The van der Waals surface area contributed by atoms with Gasteiger partial charge in [-0.3, -0.25) is 0 Å². The number of pyridine rings is 1. The second-order valence-electron chi connectivity index (χ2n) is 14.7. The molecule has 1 aliphatic carbocycles. The van der Waals surface area contributed by atoms with Gasteiger partial charge in [0.25, 0.3) is 0 Å². The molecule has 0 unspecified atom stereocenters. The average molecular weight is 713 g/mol. The van der Waals surface area contributed by atoms with Crippen LogP contribution >= 0.6 is 0 Å². The fourth-order valence-corrected chi connectivity index (χ4v) is 9.31. The molecule has 2 aromatic heterocycles. The summed E-state index contributed by atoms with van der Waals surface area (Å²) in [5.41, 5.74) is 17.2. The van der Waals surface area contributed by atoms with E-state index < -0.39 is 5.41 Å². The summed E-state index contributed by atoms with van der Waals surface area (Å²) < 4.78 is 2.45. The molecule has 0 saturated heterocycles. The van der Waals surface area contributed by atoms with E-state index in [9.17, 15) is 0 Å². The Balaban J connectivity index is 1.16. The normalized spacial score (nSPS) is 12.8. The molecule has 0 amide bonds. The number of nitrogens with zero attached hydrogens (tertiary/aromatic N) is 2. The molecule has 0 N–H and O–H groups in total. The predicted molar refractivity (Wildman–Crippen MR) is 232 cm³/mol. The van der Waals surface area contributed by atoms with Gasteiger partial charge < -0.3 is 4.57 Å². The molecule has 8 aromatic carbocycles. The van der Waals surface area contributed by atoms with Crippen LogP contribution in [-0.2, 0) is 5.41 Å². The van der Waals surface area contributed by atoms with Crippen LogP contribution in [0.1, 0.15) is 22.3 Å². The Morgan fingerprint density at radius 1 is 0.375 bits per heavy atom. The lowest BCUT2D eigenvalue weighted by molar-refractivity contribution is 0.769. The Kier molecular flexibility index (Phi) is 7.43. The molecule has 11 rings (SSSR count). The second-order valence-corrected chi connectivity index (χ2v) is 14.7. The molecule has 2 heteroatoms. The zero-order valence-corrected chi connectivity index (χ0v) is 30.7. The third-order valence-electron chi connectivity index (χ3n) is 11.7. The summed E-state index contributed by atoms with van der Waals surface area (Å²) >= 11 is 0. The van der Waals surface area contributed by atoms with E-state index in [1.54, 1.807) is 0 Å². The fraction of sp³-hybridized carbons (Fsp3) is 0.0185. The summed E-state index contributed by atoms with van der Waals surface area (Å²) in [5, 5.41) is 2.52. The Morgan fingerprint density at radius 2 is 0.946 bits per heavy atom. The Morgan fingerprint density at radius 3 is 1.66 bits per heavy atom. The maximum atomic E-state index is 5.28. The number of hydrogen-bond acceptors (Lipinski definition) is 1. The van der Waals surface area contributed by atoms with E-state index in [1.807, 2.05) is 0 Å². The van der Waals surface area contributed by atoms with Gasteiger partial charge in [-0.2, -0.15) is 0 Å². The van der Waals surface area contributed by atoms with Gasteiger partial charge in [-0.1, -0.05) is 182 Å². The van der Waals surface area contributed by atoms with Crippen molar-refractivity contribution in [1.82, 2.24) is 9.55 Å². The molecule has 1 aliphatic rings. The van der Waals surface area contributed by atoms with Crippen molar-refractivity contribution < 1.29 is 0 Å². The highest BCUT2D eigenvalue weighted by Gasteiger charge is 2.47. The monoisotopic (exact) mass is 712 g/mol. The zero-order chi connectivity index (χ0) is 37.1. The fourth-order valence-electron chi connectivity index (χ4n) is 9.31. The summed E-state index contributed by atoms with van der Waals surface area (Å²) in [7, 11) is 0. The highest BCUT2D eigenvalue weighted by Crippen LogP contribution is 2.58. The Labute approximate surface area is 326 Å². The minimum absolute atomic E-state index is 0.461. The van der Waals surface area contributed by atoms with E-state index in [0.29, 0.717) is 0 Å². The van der Waals surface area contributed by atoms with Gasteiger partial charge in [0.05, 0.1) is 27.8 Å².